The fraction of sp³-hybridized carbons (Fsp3) is 0.375. The molecule has 2 N–H and O–H groups in total. The van der Waals surface area contributed by atoms with Crippen LogP contribution in [0.4, 0.5) is 19.6 Å². The van der Waals surface area contributed by atoms with E-state index in [0.717, 1.165) is 30.7 Å². The van der Waals surface area contributed by atoms with Crippen molar-refractivity contribution in [1.29, 1.82) is 5.26 Å². The second-order valence-corrected chi connectivity index (χ2v) is 13.0. The van der Waals surface area contributed by atoms with Crippen molar-refractivity contribution in [3.05, 3.63) is 53.1 Å². The summed E-state index contributed by atoms with van der Waals surface area (Å²) in [6.45, 7) is 7.40. The summed E-state index contributed by atoms with van der Waals surface area (Å²) in [5, 5.41) is 10.5. The number of nitrogen functional groups attached to an aromatic ring is 1. The summed E-state index contributed by atoms with van der Waals surface area (Å²) in [5.74, 6) is -1.10. The predicted octanol–water partition coefficient (Wildman–Crippen LogP) is 5.98. The highest BCUT2D eigenvalue weighted by molar-refractivity contribution is 7.23. The minimum absolute atomic E-state index is 0.00300. The van der Waals surface area contributed by atoms with Crippen molar-refractivity contribution in [3.8, 4) is 23.2 Å². The number of fused-ring (bicyclic) bond motifs is 2. The van der Waals surface area contributed by atoms with Crippen LogP contribution in [0.2, 0.25) is 5.02 Å². The fourth-order valence-electron chi connectivity index (χ4n) is 6.64. The molecule has 0 bridgehead atoms. The Morgan fingerprint density at radius 2 is 2.11 bits per heavy atom. The number of carbonyl (C=O) groups excluding carboxylic acids is 1. The Kier molecular flexibility index (Phi) is 8.28. The fourth-order valence-corrected chi connectivity index (χ4v) is 7.88. The van der Waals surface area contributed by atoms with Gasteiger partial charge in [-0.2, -0.15) is 15.2 Å². The van der Waals surface area contributed by atoms with Gasteiger partial charge in [-0.1, -0.05) is 24.2 Å². The van der Waals surface area contributed by atoms with Crippen LogP contribution in [0.5, 0.6) is 6.01 Å². The molecule has 2 saturated heterocycles. The Balaban J connectivity index is 1.52. The molecule has 2 aliphatic heterocycles. The van der Waals surface area contributed by atoms with E-state index in [1.165, 1.54) is 18.2 Å². The van der Waals surface area contributed by atoms with Gasteiger partial charge < -0.3 is 25.2 Å². The lowest BCUT2D eigenvalue weighted by molar-refractivity contribution is -0.126. The maximum atomic E-state index is 16.9. The number of likely N-dealkylation sites (N-methyl/N-ethyl adjacent to an activating group) is 2. The molecular formula is C32H32ClF2N7O2S. The summed E-state index contributed by atoms with van der Waals surface area (Å²) in [7, 11) is 3.87. The van der Waals surface area contributed by atoms with Gasteiger partial charge in [-0.25, -0.2) is 8.78 Å². The molecule has 2 aromatic carbocycles. The average molecular weight is 652 g/mol. The number of hydrogen-bond acceptors (Lipinski definition) is 9. The molecule has 0 aliphatic carbocycles. The molecule has 234 valence electrons. The molecular weight excluding hydrogens is 620 g/mol. The van der Waals surface area contributed by atoms with E-state index in [9.17, 15) is 14.4 Å². The quantitative estimate of drug-likeness (QED) is 0.243. The largest absolute Gasteiger partial charge is 0.462 e. The number of carbonyl (C=O) groups is 1. The molecule has 4 heterocycles. The van der Waals surface area contributed by atoms with Crippen LogP contribution in [0, 0.1) is 23.0 Å². The number of benzene rings is 2. The molecule has 0 saturated carbocycles. The SMILES string of the molecule is C=CC(=O)N1CC[C@@H](N(C)c2nc(OC[C@@H]3CCCN3C)nc3c(F)c(-c4ccc(F)c5sc(N)c(C#N)c45)c(Cl)cc23)[C@H]1C. The van der Waals surface area contributed by atoms with Crippen LogP contribution in [0.3, 0.4) is 0 Å². The number of likely N-dealkylation sites (tertiary alicyclic amines) is 2. The molecule has 9 nitrogen and oxygen atoms in total. The number of rotatable bonds is 7. The van der Waals surface area contributed by atoms with E-state index < -0.39 is 11.6 Å². The van der Waals surface area contributed by atoms with Gasteiger partial charge in [0.1, 0.15) is 34.8 Å². The monoisotopic (exact) mass is 651 g/mol. The minimum Gasteiger partial charge on any atom is -0.462 e. The van der Waals surface area contributed by atoms with Crippen molar-refractivity contribution < 1.29 is 18.3 Å². The third-order valence-corrected chi connectivity index (χ3v) is 10.4. The summed E-state index contributed by atoms with van der Waals surface area (Å²) in [6.07, 6.45) is 3.97. The molecule has 1 amide bonds. The van der Waals surface area contributed by atoms with Gasteiger partial charge in [0, 0.05) is 42.0 Å². The zero-order valence-electron chi connectivity index (χ0n) is 25.1. The highest BCUT2D eigenvalue weighted by atomic mass is 35.5. The zero-order valence-corrected chi connectivity index (χ0v) is 26.7. The summed E-state index contributed by atoms with van der Waals surface area (Å²) < 4.78 is 37.9. The maximum absolute atomic E-state index is 16.9. The van der Waals surface area contributed by atoms with E-state index in [2.05, 4.69) is 16.5 Å². The Morgan fingerprint density at radius 3 is 2.80 bits per heavy atom. The van der Waals surface area contributed by atoms with Crippen LogP contribution in [-0.2, 0) is 4.79 Å². The lowest BCUT2D eigenvalue weighted by atomic mass is 9.97. The van der Waals surface area contributed by atoms with Crippen molar-refractivity contribution in [2.24, 2.45) is 0 Å². The van der Waals surface area contributed by atoms with Crippen LogP contribution in [-0.4, -0.2) is 77.6 Å². The Bertz CT molecular complexity index is 1890. The molecule has 3 atom stereocenters. The van der Waals surface area contributed by atoms with Crippen LogP contribution in [0.1, 0.15) is 31.7 Å². The molecule has 0 radical (unpaired) electrons. The van der Waals surface area contributed by atoms with Crippen LogP contribution in [0.25, 0.3) is 32.1 Å². The minimum atomic E-state index is -0.762. The first-order chi connectivity index (χ1) is 21.5. The lowest BCUT2D eigenvalue weighted by Gasteiger charge is -2.32. The van der Waals surface area contributed by atoms with Crippen molar-refractivity contribution in [3.63, 3.8) is 0 Å². The summed E-state index contributed by atoms with van der Waals surface area (Å²) in [4.78, 5) is 27.6. The molecule has 2 fully saturated rings. The van der Waals surface area contributed by atoms with E-state index in [1.807, 2.05) is 32.0 Å². The van der Waals surface area contributed by atoms with Gasteiger partial charge in [0.2, 0.25) is 5.91 Å². The van der Waals surface area contributed by atoms with Crippen LogP contribution in [0.15, 0.2) is 30.9 Å². The van der Waals surface area contributed by atoms with Crippen molar-refractivity contribution in [2.45, 2.75) is 44.3 Å². The maximum Gasteiger partial charge on any atom is 0.319 e. The highest BCUT2D eigenvalue weighted by Crippen LogP contribution is 2.46. The normalized spacial score (nSPS) is 20.2. The lowest BCUT2D eigenvalue weighted by Crippen LogP contribution is -2.43. The van der Waals surface area contributed by atoms with Crippen molar-refractivity contribution >= 4 is 60.7 Å². The first-order valence-corrected chi connectivity index (χ1v) is 15.8. The first kappa shape index (κ1) is 31.0. The van der Waals surface area contributed by atoms with Crippen molar-refractivity contribution in [1.82, 2.24) is 19.8 Å². The molecule has 4 aromatic rings. The average Bonchev–Trinajstić information content (AvgIpc) is 3.72. The standard InChI is InChI=1S/C32H32ClF2N7O2S/c1-5-24(43)42-12-10-23(16(42)2)41(4)31-19-13-21(33)26(18-8-9-22(34)29-25(18)20(14-36)30(37)45-29)27(35)28(19)38-32(39-31)44-15-17-7-6-11-40(17)3/h5,8-9,13,16-17,23H,1,6-7,10-12,15,37H2,2-4H3/t16-,17+,23-/m1/s1. The second kappa shape index (κ2) is 12.0. The van der Waals surface area contributed by atoms with E-state index in [1.54, 1.807) is 11.0 Å². The predicted molar refractivity (Wildman–Crippen MR) is 174 cm³/mol. The number of ether oxygens (including phenoxy) is 1. The van der Waals surface area contributed by atoms with Gasteiger partial charge in [-0.05, 0) is 63.6 Å². The Morgan fingerprint density at radius 1 is 1.33 bits per heavy atom. The number of nitrogens with two attached hydrogens (primary N) is 1. The van der Waals surface area contributed by atoms with E-state index in [-0.39, 0.29) is 72.4 Å². The Labute approximate surface area is 268 Å². The molecule has 2 aliphatic rings. The third-order valence-electron chi connectivity index (χ3n) is 9.12. The number of halogens is 3. The Hall–Kier alpha value is -4.05. The van der Waals surface area contributed by atoms with E-state index in [4.69, 9.17) is 27.1 Å². The molecule has 2 aromatic heterocycles. The smallest absolute Gasteiger partial charge is 0.319 e. The van der Waals surface area contributed by atoms with Gasteiger partial charge in [0.05, 0.1) is 21.3 Å². The number of anilines is 2. The first-order valence-electron chi connectivity index (χ1n) is 14.6. The van der Waals surface area contributed by atoms with Crippen LogP contribution >= 0.6 is 22.9 Å². The summed E-state index contributed by atoms with van der Waals surface area (Å²) in [5.41, 5.74) is 6.26. The van der Waals surface area contributed by atoms with Gasteiger partial charge in [-0.15, -0.1) is 11.3 Å². The summed E-state index contributed by atoms with van der Waals surface area (Å²) >= 11 is 7.74. The second-order valence-electron chi connectivity index (χ2n) is 11.6. The molecule has 0 spiro atoms. The summed E-state index contributed by atoms with van der Waals surface area (Å²) in [6, 6.07) is 6.06. The third kappa shape index (κ3) is 5.22. The molecule has 6 rings (SSSR count). The topological polar surface area (TPSA) is 112 Å². The van der Waals surface area contributed by atoms with Gasteiger partial charge in [0.15, 0.2) is 5.82 Å². The van der Waals surface area contributed by atoms with E-state index >= 15 is 4.39 Å². The molecule has 13 heteroatoms. The van der Waals surface area contributed by atoms with Gasteiger partial charge in [-0.3, -0.25) is 4.79 Å². The number of aromatic nitrogens is 2. The molecule has 45 heavy (non-hydrogen) atoms. The highest BCUT2D eigenvalue weighted by Gasteiger charge is 2.37. The number of thiophene rings is 1. The van der Waals surface area contributed by atoms with E-state index in [0.29, 0.717) is 30.8 Å². The number of hydrogen-bond donors (Lipinski definition) is 1. The van der Waals surface area contributed by atoms with Gasteiger partial charge >= 0.3 is 6.01 Å². The van der Waals surface area contributed by atoms with Gasteiger partial charge in [0.25, 0.3) is 0 Å². The zero-order chi connectivity index (χ0) is 32.2. The number of nitriles is 1. The van der Waals surface area contributed by atoms with Crippen LogP contribution < -0.4 is 15.4 Å². The number of amides is 1. The molecule has 0 unspecified atom stereocenters. The van der Waals surface area contributed by atoms with Crippen molar-refractivity contribution in [2.75, 3.05) is 44.4 Å². The number of nitrogens with zero attached hydrogens (tertiary/aromatic N) is 6.